The first-order chi connectivity index (χ1) is 9.09. The van der Waals surface area contributed by atoms with E-state index in [1.165, 1.54) is 24.5 Å². The fraction of sp³-hybridized carbons (Fsp3) is 0.167. The van der Waals surface area contributed by atoms with Gasteiger partial charge in [0, 0.05) is 19.4 Å². The Morgan fingerprint density at radius 3 is 2.84 bits per heavy atom. The highest BCUT2D eigenvalue weighted by molar-refractivity contribution is 5.63. The van der Waals surface area contributed by atoms with Crippen molar-refractivity contribution in [2.45, 2.75) is 6.54 Å². The summed E-state index contributed by atoms with van der Waals surface area (Å²) in [6.07, 6.45) is 4.62. The second kappa shape index (κ2) is 5.38. The van der Waals surface area contributed by atoms with Crippen LogP contribution >= 0.6 is 0 Å². The summed E-state index contributed by atoms with van der Waals surface area (Å²) in [5.74, 6) is -0.853. The number of halogens is 1. The summed E-state index contributed by atoms with van der Waals surface area (Å²) in [5.41, 5.74) is 0.313. The second-order valence-corrected chi connectivity index (χ2v) is 3.92. The van der Waals surface area contributed by atoms with Gasteiger partial charge in [0.05, 0.1) is 23.4 Å². The fourth-order valence-corrected chi connectivity index (χ4v) is 1.73. The molecule has 0 N–H and O–H groups in total. The maximum absolute atomic E-state index is 13.5. The number of anilines is 1. The smallest absolute Gasteiger partial charge is 0.327 e. The molecular weight excluding hydrogens is 251 g/mol. The van der Waals surface area contributed by atoms with Crippen molar-refractivity contribution in [3.05, 3.63) is 58.4 Å². The maximum Gasteiger partial charge on any atom is 0.327 e. The highest BCUT2D eigenvalue weighted by Crippen LogP contribution is 2.30. The number of para-hydroxylation sites is 1. The summed E-state index contributed by atoms with van der Waals surface area (Å²) < 4.78 is 13.5. The topological polar surface area (TPSA) is 72.2 Å². The number of nitro groups is 1. The van der Waals surface area contributed by atoms with Gasteiger partial charge in [0.25, 0.3) is 0 Å². The van der Waals surface area contributed by atoms with Gasteiger partial charge in [-0.25, -0.2) is 0 Å². The van der Waals surface area contributed by atoms with Gasteiger partial charge in [-0.1, -0.05) is 6.07 Å². The monoisotopic (exact) mass is 262 g/mol. The van der Waals surface area contributed by atoms with Gasteiger partial charge in [-0.05, 0) is 12.1 Å². The molecule has 2 rings (SSSR count). The molecule has 7 heteroatoms. The highest BCUT2D eigenvalue weighted by Gasteiger charge is 2.22. The average molecular weight is 262 g/mol. The van der Waals surface area contributed by atoms with Gasteiger partial charge < -0.3 is 4.90 Å². The van der Waals surface area contributed by atoms with Crippen LogP contribution in [0.3, 0.4) is 0 Å². The normalized spacial score (nSPS) is 10.2. The largest absolute Gasteiger partial charge is 0.363 e. The minimum atomic E-state index is -0.853. The third kappa shape index (κ3) is 2.82. The predicted molar refractivity (Wildman–Crippen MR) is 67.2 cm³/mol. The molecule has 0 saturated heterocycles. The van der Waals surface area contributed by atoms with E-state index in [0.29, 0.717) is 12.2 Å². The summed E-state index contributed by atoms with van der Waals surface area (Å²) in [5, 5.41) is 10.9. The molecule has 1 heterocycles. The van der Waals surface area contributed by atoms with E-state index in [-0.39, 0.29) is 5.69 Å². The van der Waals surface area contributed by atoms with E-state index in [1.54, 1.807) is 18.1 Å². The summed E-state index contributed by atoms with van der Waals surface area (Å²) in [4.78, 5) is 19.7. The number of aromatic nitrogens is 2. The average Bonchev–Trinajstić information content (AvgIpc) is 2.39. The molecule has 0 aliphatic heterocycles. The van der Waals surface area contributed by atoms with Crippen LogP contribution in [0.5, 0.6) is 0 Å². The number of nitrogens with zero attached hydrogens (tertiary/aromatic N) is 4. The van der Waals surface area contributed by atoms with Crippen molar-refractivity contribution in [2.75, 3.05) is 11.9 Å². The van der Waals surface area contributed by atoms with Crippen molar-refractivity contribution < 1.29 is 9.31 Å². The summed E-state index contributed by atoms with van der Waals surface area (Å²) >= 11 is 0. The quantitative estimate of drug-likeness (QED) is 0.623. The molecule has 0 spiro atoms. The number of hydrogen-bond acceptors (Lipinski definition) is 5. The van der Waals surface area contributed by atoms with Crippen molar-refractivity contribution in [3.63, 3.8) is 0 Å². The van der Waals surface area contributed by atoms with Gasteiger partial charge in [0.1, 0.15) is 5.69 Å². The molecule has 19 heavy (non-hydrogen) atoms. The van der Waals surface area contributed by atoms with E-state index in [2.05, 4.69) is 9.97 Å². The van der Waals surface area contributed by atoms with Crippen LogP contribution in [-0.2, 0) is 6.54 Å². The third-order valence-corrected chi connectivity index (χ3v) is 2.58. The van der Waals surface area contributed by atoms with Gasteiger partial charge in [-0.15, -0.1) is 0 Å². The Hall–Kier alpha value is -2.57. The first kappa shape index (κ1) is 12.9. The molecule has 1 aromatic heterocycles. The molecule has 0 bridgehead atoms. The lowest BCUT2D eigenvalue weighted by Gasteiger charge is -2.18. The minimum Gasteiger partial charge on any atom is -0.363 e. The van der Waals surface area contributed by atoms with Gasteiger partial charge in [-0.2, -0.15) is 4.39 Å². The molecule has 0 radical (unpaired) electrons. The van der Waals surface area contributed by atoms with E-state index in [4.69, 9.17) is 0 Å². The first-order valence-corrected chi connectivity index (χ1v) is 5.48. The molecule has 0 fully saturated rings. The maximum atomic E-state index is 13.5. The van der Waals surface area contributed by atoms with Crippen molar-refractivity contribution in [2.24, 2.45) is 0 Å². The van der Waals surface area contributed by atoms with E-state index in [0.717, 1.165) is 6.07 Å². The van der Waals surface area contributed by atoms with Gasteiger partial charge in [-0.3, -0.25) is 20.1 Å². The summed E-state index contributed by atoms with van der Waals surface area (Å²) in [6.45, 7) is 0.304. The zero-order valence-corrected chi connectivity index (χ0v) is 10.2. The zero-order chi connectivity index (χ0) is 13.8. The molecule has 0 aliphatic rings. The highest BCUT2D eigenvalue weighted by atomic mass is 19.1. The van der Waals surface area contributed by atoms with E-state index in [9.17, 15) is 14.5 Å². The van der Waals surface area contributed by atoms with Crippen molar-refractivity contribution in [1.29, 1.82) is 0 Å². The number of benzene rings is 1. The Balaban J connectivity index is 2.31. The fourth-order valence-electron chi connectivity index (χ4n) is 1.73. The Bertz CT molecular complexity index is 592. The minimum absolute atomic E-state index is 0.204. The molecule has 0 aliphatic carbocycles. The molecular formula is C12H11FN4O2. The zero-order valence-electron chi connectivity index (χ0n) is 10.2. The van der Waals surface area contributed by atoms with Crippen LogP contribution in [0.1, 0.15) is 5.69 Å². The molecule has 98 valence electrons. The van der Waals surface area contributed by atoms with E-state index >= 15 is 0 Å². The molecule has 0 amide bonds. The third-order valence-electron chi connectivity index (χ3n) is 2.58. The standard InChI is InChI=1S/C12H11FN4O2/c1-16(8-9-7-14-5-6-15-9)11-4-2-3-10(13)12(11)17(18)19/h2-7H,8H2,1H3. The predicted octanol–water partition coefficient (Wildman–Crippen LogP) is 2.16. The molecule has 1 aromatic carbocycles. The summed E-state index contributed by atoms with van der Waals surface area (Å²) in [7, 11) is 1.64. The molecule has 2 aromatic rings. The van der Waals surface area contributed by atoms with Crippen LogP contribution in [0.4, 0.5) is 15.8 Å². The number of hydrogen-bond donors (Lipinski definition) is 0. The number of rotatable bonds is 4. The molecule has 0 unspecified atom stereocenters. The summed E-state index contributed by atoms with van der Waals surface area (Å²) in [6, 6.07) is 4.00. The SMILES string of the molecule is CN(Cc1cnccn1)c1cccc(F)c1[N+](=O)[O-]. The molecule has 0 saturated carbocycles. The molecule has 6 nitrogen and oxygen atoms in total. The lowest BCUT2D eigenvalue weighted by atomic mass is 10.2. The van der Waals surface area contributed by atoms with Crippen LogP contribution in [-0.4, -0.2) is 21.9 Å². The Labute approximate surface area is 108 Å². The van der Waals surface area contributed by atoms with Crippen molar-refractivity contribution in [3.8, 4) is 0 Å². The van der Waals surface area contributed by atoms with Crippen LogP contribution in [0.25, 0.3) is 0 Å². The van der Waals surface area contributed by atoms with Crippen LogP contribution in [0, 0.1) is 15.9 Å². The number of nitro benzene ring substituents is 1. The van der Waals surface area contributed by atoms with Crippen molar-refractivity contribution >= 4 is 11.4 Å². The Morgan fingerprint density at radius 1 is 1.42 bits per heavy atom. The van der Waals surface area contributed by atoms with Crippen LogP contribution in [0.15, 0.2) is 36.8 Å². The van der Waals surface area contributed by atoms with Crippen LogP contribution < -0.4 is 4.90 Å². The van der Waals surface area contributed by atoms with E-state index in [1.807, 2.05) is 0 Å². The van der Waals surface area contributed by atoms with Crippen molar-refractivity contribution in [1.82, 2.24) is 9.97 Å². The lowest BCUT2D eigenvalue weighted by molar-refractivity contribution is -0.386. The lowest BCUT2D eigenvalue weighted by Crippen LogP contribution is -2.19. The van der Waals surface area contributed by atoms with Gasteiger partial charge in [0.2, 0.25) is 5.82 Å². The Kier molecular flexibility index (Phi) is 3.65. The van der Waals surface area contributed by atoms with Gasteiger partial charge in [0.15, 0.2) is 0 Å². The first-order valence-electron chi connectivity index (χ1n) is 5.48. The van der Waals surface area contributed by atoms with Gasteiger partial charge >= 0.3 is 5.69 Å². The van der Waals surface area contributed by atoms with E-state index < -0.39 is 16.4 Å². The second-order valence-electron chi connectivity index (χ2n) is 3.92. The molecule has 0 atom stereocenters. The van der Waals surface area contributed by atoms with Crippen LogP contribution in [0.2, 0.25) is 0 Å². The Morgan fingerprint density at radius 2 is 2.21 bits per heavy atom.